The van der Waals surface area contributed by atoms with Gasteiger partial charge in [-0.25, -0.2) is 4.98 Å². The van der Waals surface area contributed by atoms with Crippen LogP contribution in [-0.2, 0) is 0 Å². The number of aromatic nitrogens is 3. The van der Waals surface area contributed by atoms with Crippen LogP contribution in [-0.4, -0.2) is 26.4 Å². The molecule has 0 saturated carbocycles. The summed E-state index contributed by atoms with van der Waals surface area (Å²) in [6.07, 6.45) is 0. The van der Waals surface area contributed by atoms with Gasteiger partial charge in [-0.2, -0.15) is 4.68 Å². The molecule has 0 unspecified atom stereocenters. The molecule has 2 heterocycles. The highest BCUT2D eigenvalue weighted by atomic mass is 32.2. The Kier molecular flexibility index (Phi) is 2.07. The second kappa shape index (κ2) is 3.45. The number of hydrogen-bond donors (Lipinski definition) is 0. The van der Waals surface area contributed by atoms with Crippen molar-refractivity contribution in [1.29, 1.82) is 0 Å². The number of rotatable bonds is 1. The van der Waals surface area contributed by atoms with E-state index in [1.807, 2.05) is 31.2 Å². The minimum atomic E-state index is 0.00593. The van der Waals surface area contributed by atoms with Crippen molar-refractivity contribution in [2.75, 3.05) is 5.75 Å². The van der Waals surface area contributed by atoms with E-state index in [9.17, 15) is 4.79 Å². The molecule has 5 heteroatoms. The second-order valence-electron chi connectivity index (χ2n) is 3.68. The summed E-state index contributed by atoms with van der Waals surface area (Å²) in [5, 5.41) is 4.91. The van der Waals surface area contributed by atoms with Crippen molar-refractivity contribution >= 4 is 17.7 Å². The molecule has 0 amide bonds. The highest BCUT2D eigenvalue weighted by Crippen LogP contribution is 2.26. The first-order valence-corrected chi connectivity index (χ1v) is 5.93. The van der Waals surface area contributed by atoms with Gasteiger partial charge in [-0.15, -0.1) is 5.10 Å². The van der Waals surface area contributed by atoms with E-state index in [4.69, 9.17) is 0 Å². The van der Waals surface area contributed by atoms with Crippen molar-refractivity contribution in [1.82, 2.24) is 14.8 Å². The van der Waals surface area contributed by atoms with Crippen LogP contribution >= 0.6 is 11.8 Å². The standard InChI is InChI=1S/C11H9N3OS/c1-7-3-2-4-8(5-7)10-12-11-14(13-10)9(15)6-16-11/h2-5H,6H2,1H3. The monoisotopic (exact) mass is 231 g/mol. The van der Waals surface area contributed by atoms with Crippen LogP contribution < -0.4 is 0 Å². The third kappa shape index (κ3) is 1.44. The van der Waals surface area contributed by atoms with Gasteiger partial charge in [0.05, 0.1) is 5.75 Å². The van der Waals surface area contributed by atoms with Gasteiger partial charge in [-0.05, 0) is 13.0 Å². The van der Waals surface area contributed by atoms with E-state index in [2.05, 4.69) is 10.1 Å². The number of benzene rings is 1. The van der Waals surface area contributed by atoms with E-state index in [0.29, 0.717) is 16.7 Å². The van der Waals surface area contributed by atoms with Crippen molar-refractivity contribution in [3.63, 3.8) is 0 Å². The lowest BCUT2D eigenvalue weighted by atomic mass is 10.1. The number of nitrogens with zero attached hydrogens (tertiary/aromatic N) is 3. The molecule has 0 N–H and O–H groups in total. The van der Waals surface area contributed by atoms with Crippen LogP contribution in [0.15, 0.2) is 29.4 Å². The molecule has 16 heavy (non-hydrogen) atoms. The smallest absolute Gasteiger partial charge is 0.259 e. The van der Waals surface area contributed by atoms with Gasteiger partial charge >= 0.3 is 0 Å². The molecule has 2 aromatic rings. The first-order chi connectivity index (χ1) is 7.74. The van der Waals surface area contributed by atoms with Gasteiger partial charge in [0.25, 0.3) is 5.91 Å². The molecule has 1 aliphatic rings. The summed E-state index contributed by atoms with van der Waals surface area (Å²) >= 11 is 1.44. The molecule has 0 aliphatic carbocycles. The van der Waals surface area contributed by atoms with Crippen molar-refractivity contribution in [2.45, 2.75) is 12.1 Å². The maximum atomic E-state index is 11.4. The van der Waals surface area contributed by atoms with Crippen LogP contribution in [0.3, 0.4) is 0 Å². The summed E-state index contributed by atoms with van der Waals surface area (Å²) in [5.74, 6) is 1.08. The Morgan fingerprint density at radius 3 is 3.06 bits per heavy atom. The van der Waals surface area contributed by atoms with Gasteiger partial charge in [-0.3, -0.25) is 4.79 Å². The number of thioether (sulfide) groups is 1. The molecule has 0 bridgehead atoms. The van der Waals surface area contributed by atoms with E-state index in [1.165, 1.54) is 16.4 Å². The quantitative estimate of drug-likeness (QED) is 0.753. The second-order valence-corrected chi connectivity index (χ2v) is 4.62. The summed E-state index contributed by atoms with van der Waals surface area (Å²) in [6.45, 7) is 2.02. The minimum Gasteiger partial charge on any atom is -0.271 e. The highest BCUT2D eigenvalue weighted by Gasteiger charge is 2.24. The molecular weight excluding hydrogens is 222 g/mol. The first-order valence-electron chi connectivity index (χ1n) is 4.94. The first kappa shape index (κ1) is 9.59. The molecular formula is C11H9N3OS. The number of fused-ring (bicyclic) bond motifs is 1. The van der Waals surface area contributed by atoms with Gasteiger partial charge in [0.15, 0.2) is 11.0 Å². The molecule has 1 aliphatic heterocycles. The van der Waals surface area contributed by atoms with Crippen LogP contribution in [0.5, 0.6) is 0 Å². The summed E-state index contributed by atoms with van der Waals surface area (Å²) < 4.78 is 1.39. The lowest BCUT2D eigenvalue weighted by Crippen LogP contribution is -2.08. The summed E-state index contributed by atoms with van der Waals surface area (Å²) in [4.78, 5) is 15.8. The van der Waals surface area contributed by atoms with E-state index in [-0.39, 0.29) is 5.91 Å². The van der Waals surface area contributed by atoms with Gasteiger partial charge in [0.2, 0.25) is 0 Å². The zero-order valence-corrected chi connectivity index (χ0v) is 9.49. The molecule has 4 nitrogen and oxygen atoms in total. The van der Waals surface area contributed by atoms with E-state index in [1.54, 1.807) is 0 Å². The largest absolute Gasteiger partial charge is 0.271 e. The Balaban J connectivity index is 2.08. The molecule has 80 valence electrons. The SMILES string of the molecule is Cc1cccc(-c2nc3n(n2)C(=O)CS3)c1. The van der Waals surface area contributed by atoms with Crippen molar-refractivity contribution in [3.8, 4) is 11.4 Å². The van der Waals surface area contributed by atoms with Crippen LogP contribution in [0.4, 0.5) is 0 Å². The molecule has 0 atom stereocenters. The van der Waals surface area contributed by atoms with Crippen LogP contribution in [0.1, 0.15) is 10.4 Å². The predicted molar refractivity (Wildman–Crippen MR) is 61.5 cm³/mol. The number of aryl methyl sites for hydroxylation is 1. The van der Waals surface area contributed by atoms with Crippen molar-refractivity contribution < 1.29 is 4.79 Å². The third-order valence-corrected chi connectivity index (χ3v) is 3.33. The fourth-order valence-corrected chi connectivity index (χ4v) is 2.44. The Labute approximate surface area is 96.7 Å². The van der Waals surface area contributed by atoms with Gasteiger partial charge in [0.1, 0.15) is 0 Å². The van der Waals surface area contributed by atoms with Gasteiger partial charge in [0, 0.05) is 5.56 Å². The van der Waals surface area contributed by atoms with E-state index in [0.717, 1.165) is 11.1 Å². The number of carbonyl (C=O) groups excluding carboxylic acids is 1. The zero-order valence-electron chi connectivity index (χ0n) is 8.67. The van der Waals surface area contributed by atoms with Crippen molar-refractivity contribution in [2.24, 2.45) is 0 Å². The molecule has 3 rings (SSSR count). The average Bonchev–Trinajstić information content (AvgIpc) is 2.81. The van der Waals surface area contributed by atoms with Crippen LogP contribution in [0.2, 0.25) is 0 Å². The fourth-order valence-electron chi connectivity index (χ4n) is 1.65. The van der Waals surface area contributed by atoms with Crippen molar-refractivity contribution in [3.05, 3.63) is 29.8 Å². The Morgan fingerprint density at radius 2 is 2.31 bits per heavy atom. The predicted octanol–water partition coefficient (Wildman–Crippen LogP) is 2.00. The topological polar surface area (TPSA) is 47.8 Å². The Hall–Kier alpha value is -1.62. The maximum absolute atomic E-state index is 11.4. The summed E-state index contributed by atoms with van der Waals surface area (Å²) in [5.41, 5.74) is 2.11. The minimum absolute atomic E-state index is 0.00593. The Morgan fingerprint density at radius 1 is 1.44 bits per heavy atom. The summed E-state index contributed by atoms with van der Waals surface area (Å²) in [7, 11) is 0. The normalized spacial score (nSPS) is 14.2. The maximum Gasteiger partial charge on any atom is 0.259 e. The molecule has 0 spiro atoms. The molecule has 0 radical (unpaired) electrons. The van der Waals surface area contributed by atoms with Gasteiger partial charge in [-0.1, -0.05) is 35.5 Å². The van der Waals surface area contributed by atoms with E-state index < -0.39 is 0 Å². The number of carbonyl (C=O) groups is 1. The fraction of sp³-hybridized carbons (Fsp3) is 0.182. The lowest BCUT2D eigenvalue weighted by molar-refractivity contribution is 0.0923. The molecule has 0 fully saturated rings. The Bertz CT molecular complexity index is 576. The van der Waals surface area contributed by atoms with Crippen LogP contribution in [0.25, 0.3) is 11.4 Å². The summed E-state index contributed by atoms with van der Waals surface area (Å²) in [6, 6.07) is 7.95. The van der Waals surface area contributed by atoms with E-state index >= 15 is 0 Å². The molecule has 1 aromatic carbocycles. The highest BCUT2D eigenvalue weighted by molar-refractivity contribution is 8.00. The lowest BCUT2D eigenvalue weighted by Gasteiger charge is -1.96. The third-order valence-electron chi connectivity index (χ3n) is 2.41. The van der Waals surface area contributed by atoms with Crippen LogP contribution in [0, 0.1) is 6.92 Å². The zero-order chi connectivity index (χ0) is 11.1. The molecule has 1 aromatic heterocycles. The van der Waals surface area contributed by atoms with Gasteiger partial charge < -0.3 is 0 Å². The average molecular weight is 231 g/mol. The number of hydrogen-bond acceptors (Lipinski definition) is 4. The molecule has 0 saturated heterocycles.